The first kappa shape index (κ1) is 10.8. The normalized spacial score (nSPS) is 23.1. The summed E-state index contributed by atoms with van der Waals surface area (Å²) in [5, 5.41) is 2.93. The second-order valence-corrected chi connectivity index (χ2v) is 5.82. The van der Waals surface area contributed by atoms with E-state index in [0.29, 0.717) is 6.54 Å². The van der Waals surface area contributed by atoms with Crippen molar-refractivity contribution in [1.82, 2.24) is 0 Å². The molecule has 0 spiro atoms. The molecule has 0 atom stereocenters. The summed E-state index contributed by atoms with van der Waals surface area (Å²) >= 11 is 0. The molecule has 90 valence electrons. The van der Waals surface area contributed by atoms with Gasteiger partial charge in [-0.1, -0.05) is 12.1 Å². The van der Waals surface area contributed by atoms with Gasteiger partial charge in [0.2, 0.25) is 5.91 Å². The highest BCUT2D eigenvalue weighted by Crippen LogP contribution is 2.49. The number of nitrogens with two attached hydrogens (primary N) is 1. The molecule has 0 radical (unpaired) electrons. The van der Waals surface area contributed by atoms with E-state index in [-0.39, 0.29) is 11.3 Å². The Morgan fingerprint density at radius 3 is 2.65 bits per heavy atom. The van der Waals surface area contributed by atoms with Crippen LogP contribution in [0.25, 0.3) is 0 Å². The van der Waals surface area contributed by atoms with Crippen molar-refractivity contribution in [3.8, 4) is 0 Å². The number of carbonyl (C=O) groups is 1. The Bertz CT molecular complexity index is 501. The standard InChI is InChI=1S/C14H18N2O/c1-13(2)10-7-9(14(8-15)5-6-14)3-4-11(10)16-12(13)17/h3-4,7H,5-6,8,15H2,1-2H3,(H,16,17). The van der Waals surface area contributed by atoms with Gasteiger partial charge < -0.3 is 11.1 Å². The molecular weight excluding hydrogens is 212 g/mol. The number of carbonyl (C=O) groups excluding carboxylic acids is 1. The molecule has 0 bridgehead atoms. The zero-order valence-electron chi connectivity index (χ0n) is 10.3. The number of hydrogen-bond donors (Lipinski definition) is 2. The van der Waals surface area contributed by atoms with Crippen LogP contribution in [0.1, 0.15) is 37.8 Å². The number of rotatable bonds is 2. The van der Waals surface area contributed by atoms with Gasteiger partial charge in [-0.15, -0.1) is 0 Å². The van der Waals surface area contributed by atoms with Gasteiger partial charge in [-0.25, -0.2) is 0 Å². The number of fused-ring (bicyclic) bond motifs is 1. The molecule has 0 unspecified atom stereocenters. The van der Waals surface area contributed by atoms with Gasteiger partial charge in [0.1, 0.15) is 0 Å². The van der Waals surface area contributed by atoms with Gasteiger partial charge >= 0.3 is 0 Å². The first-order chi connectivity index (χ1) is 7.99. The van der Waals surface area contributed by atoms with E-state index in [0.717, 1.165) is 11.3 Å². The van der Waals surface area contributed by atoms with Crippen LogP contribution in [0.15, 0.2) is 18.2 Å². The summed E-state index contributed by atoms with van der Waals surface area (Å²) in [6.45, 7) is 4.65. The lowest BCUT2D eigenvalue weighted by Gasteiger charge is -2.18. The maximum Gasteiger partial charge on any atom is 0.234 e. The third-order valence-electron chi connectivity index (χ3n) is 4.37. The fraction of sp³-hybridized carbons (Fsp3) is 0.500. The Morgan fingerprint density at radius 1 is 1.35 bits per heavy atom. The summed E-state index contributed by atoms with van der Waals surface area (Å²) < 4.78 is 0. The largest absolute Gasteiger partial charge is 0.330 e. The minimum Gasteiger partial charge on any atom is -0.330 e. The average Bonchev–Trinajstić information content (AvgIpc) is 3.06. The van der Waals surface area contributed by atoms with E-state index in [1.54, 1.807) is 0 Å². The minimum absolute atomic E-state index is 0.0854. The van der Waals surface area contributed by atoms with Crippen LogP contribution < -0.4 is 11.1 Å². The van der Waals surface area contributed by atoms with Gasteiger partial charge in [0, 0.05) is 17.6 Å². The quantitative estimate of drug-likeness (QED) is 0.815. The van der Waals surface area contributed by atoms with Crippen molar-refractivity contribution in [2.75, 3.05) is 11.9 Å². The third-order valence-corrected chi connectivity index (χ3v) is 4.37. The maximum atomic E-state index is 11.9. The van der Waals surface area contributed by atoms with Crippen molar-refractivity contribution in [1.29, 1.82) is 0 Å². The topological polar surface area (TPSA) is 55.1 Å². The highest BCUT2D eigenvalue weighted by molar-refractivity contribution is 6.05. The summed E-state index contributed by atoms with van der Waals surface area (Å²) in [6, 6.07) is 6.31. The van der Waals surface area contributed by atoms with E-state index in [4.69, 9.17) is 5.73 Å². The molecule has 1 amide bonds. The molecule has 0 aromatic heterocycles. The summed E-state index contributed by atoms with van der Waals surface area (Å²) in [5.74, 6) is 0.0854. The monoisotopic (exact) mass is 230 g/mol. The van der Waals surface area contributed by atoms with E-state index in [1.807, 2.05) is 19.9 Å². The first-order valence-corrected chi connectivity index (χ1v) is 6.16. The number of benzene rings is 1. The van der Waals surface area contributed by atoms with Crippen LogP contribution in [0.5, 0.6) is 0 Å². The first-order valence-electron chi connectivity index (χ1n) is 6.16. The van der Waals surface area contributed by atoms with Crippen LogP contribution in [-0.2, 0) is 15.6 Å². The molecule has 3 rings (SSSR count). The van der Waals surface area contributed by atoms with E-state index in [2.05, 4.69) is 17.4 Å². The second-order valence-electron chi connectivity index (χ2n) is 5.82. The minimum atomic E-state index is -0.421. The highest BCUT2D eigenvalue weighted by Gasteiger charge is 2.45. The smallest absolute Gasteiger partial charge is 0.234 e. The number of nitrogens with one attached hydrogen (secondary N) is 1. The van der Waals surface area contributed by atoms with E-state index >= 15 is 0 Å². The van der Waals surface area contributed by atoms with Crippen LogP contribution in [0, 0.1) is 0 Å². The molecule has 1 aromatic rings. The van der Waals surface area contributed by atoms with E-state index in [1.165, 1.54) is 18.4 Å². The van der Waals surface area contributed by atoms with Crippen molar-refractivity contribution in [3.63, 3.8) is 0 Å². The van der Waals surface area contributed by atoms with Gasteiger partial charge in [-0.3, -0.25) is 4.79 Å². The van der Waals surface area contributed by atoms with Crippen LogP contribution in [0.4, 0.5) is 5.69 Å². The molecule has 1 aliphatic carbocycles. The molecule has 3 heteroatoms. The average molecular weight is 230 g/mol. The zero-order valence-corrected chi connectivity index (χ0v) is 10.3. The van der Waals surface area contributed by atoms with Gasteiger partial charge in [-0.05, 0) is 43.9 Å². The summed E-state index contributed by atoms with van der Waals surface area (Å²) in [5.41, 5.74) is 8.99. The van der Waals surface area contributed by atoms with Gasteiger partial charge in [0.05, 0.1) is 5.41 Å². The van der Waals surface area contributed by atoms with Crippen molar-refractivity contribution >= 4 is 11.6 Å². The highest BCUT2D eigenvalue weighted by atomic mass is 16.2. The van der Waals surface area contributed by atoms with E-state index in [9.17, 15) is 4.79 Å². The predicted molar refractivity (Wildman–Crippen MR) is 68.1 cm³/mol. The SMILES string of the molecule is CC1(C)C(=O)Nc2ccc(C3(CN)CC3)cc21. The van der Waals surface area contributed by atoms with Crippen molar-refractivity contribution in [3.05, 3.63) is 29.3 Å². The fourth-order valence-electron chi connectivity index (χ4n) is 2.66. The zero-order chi connectivity index (χ0) is 12.3. The fourth-order valence-corrected chi connectivity index (χ4v) is 2.66. The molecule has 1 aromatic carbocycles. The number of amides is 1. The van der Waals surface area contributed by atoms with Gasteiger partial charge in [0.15, 0.2) is 0 Å². The van der Waals surface area contributed by atoms with Crippen LogP contribution >= 0.6 is 0 Å². The molecule has 1 aliphatic heterocycles. The van der Waals surface area contributed by atoms with Crippen molar-refractivity contribution < 1.29 is 4.79 Å². The molecule has 3 nitrogen and oxygen atoms in total. The van der Waals surface area contributed by atoms with Crippen LogP contribution in [0.3, 0.4) is 0 Å². The third kappa shape index (κ3) is 1.35. The predicted octanol–water partition coefficient (Wildman–Crippen LogP) is 1.91. The Kier molecular flexibility index (Phi) is 1.97. The molecular formula is C14H18N2O. The second kappa shape index (κ2) is 3.10. The molecule has 1 fully saturated rings. The Morgan fingerprint density at radius 2 is 2.06 bits per heavy atom. The molecule has 0 saturated heterocycles. The lowest BCUT2D eigenvalue weighted by molar-refractivity contribution is -0.119. The van der Waals surface area contributed by atoms with E-state index < -0.39 is 5.41 Å². The summed E-state index contributed by atoms with van der Waals surface area (Å²) in [7, 11) is 0. The molecule has 1 heterocycles. The Hall–Kier alpha value is -1.35. The molecule has 17 heavy (non-hydrogen) atoms. The summed E-state index contributed by atoms with van der Waals surface area (Å²) in [6.07, 6.45) is 2.34. The lowest BCUT2D eigenvalue weighted by Crippen LogP contribution is -2.27. The molecule has 2 aliphatic rings. The van der Waals surface area contributed by atoms with Crippen molar-refractivity contribution in [2.45, 2.75) is 37.5 Å². The van der Waals surface area contributed by atoms with Gasteiger partial charge in [0.25, 0.3) is 0 Å². The number of hydrogen-bond acceptors (Lipinski definition) is 2. The maximum absolute atomic E-state index is 11.9. The van der Waals surface area contributed by atoms with Gasteiger partial charge in [-0.2, -0.15) is 0 Å². The van der Waals surface area contributed by atoms with Crippen LogP contribution in [-0.4, -0.2) is 12.5 Å². The summed E-state index contributed by atoms with van der Waals surface area (Å²) in [4.78, 5) is 11.9. The Labute approximate surface area is 101 Å². The molecule has 1 saturated carbocycles. The van der Waals surface area contributed by atoms with Crippen LogP contribution in [0.2, 0.25) is 0 Å². The molecule has 3 N–H and O–H groups in total. The Balaban J connectivity index is 2.09. The lowest BCUT2D eigenvalue weighted by atomic mass is 9.83. The number of anilines is 1. The van der Waals surface area contributed by atoms with Crippen molar-refractivity contribution in [2.24, 2.45) is 5.73 Å².